The summed E-state index contributed by atoms with van der Waals surface area (Å²) in [7, 11) is 0. The first-order valence-corrected chi connectivity index (χ1v) is 16.6. The van der Waals surface area contributed by atoms with Gasteiger partial charge in [0, 0.05) is 43.7 Å². The molecule has 230 valence electrons. The van der Waals surface area contributed by atoms with Gasteiger partial charge in [0.25, 0.3) is 0 Å². The molecule has 49 heavy (non-hydrogen) atoms. The maximum Gasteiger partial charge on any atom is 0.143 e. The SMILES string of the molecule is c1ccc(-c2ccccc2N(c2ccc(-c3cccc4c3oc3ccccc34)cc2)c2cccc3cc4oc5ccccc5c4cc23)cc1. The first-order chi connectivity index (χ1) is 24.3. The number of benzene rings is 8. The number of furan rings is 2. The zero-order chi connectivity index (χ0) is 32.3. The molecule has 2 heterocycles. The Morgan fingerprint density at radius 1 is 0.347 bits per heavy atom. The zero-order valence-corrected chi connectivity index (χ0v) is 26.5. The summed E-state index contributed by atoms with van der Waals surface area (Å²) < 4.78 is 12.7. The molecule has 0 bridgehead atoms. The highest BCUT2D eigenvalue weighted by Gasteiger charge is 2.21. The van der Waals surface area contributed by atoms with Crippen molar-refractivity contribution in [1.82, 2.24) is 0 Å². The fourth-order valence-electron chi connectivity index (χ4n) is 7.38. The van der Waals surface area contributed by atoms with Crippen LogP contribution in [0.2, 0.25) is 0 Å². The average Bonchev–Trinajstić information content (AvgIpc) is 3.73. The molecule has 10 aromatic rings. The quantitative estimate of drug-likeness (QED) is 0.190. The number of hydrogen-bond acceptors (Lipinski definition) is 3. The van der Waals surface area contributed by atoms with Crippen LogP contribution in [0.4, 0.5) is 17.1 Å². The molecule has 3 nitrogen and oxygen atoms in total. The second-order valence-corrected chi connectivity index (χ2v) is 12.5. The third-order valence-electron chi connectivity index (χ3n) is 9.67. The van der Waals surface area contributed by atoms with Gasteiger partial charge in [-0.2, -0.15) is 0 Å². The standard InChI is InChI=1S/C46H29NO2/c1-2-12-30(13-3-1)34-15-4-7-20-41(34)47(42-21-10-14-32-28-45-40(29-39(32)42)37-17-6-8-22-43(37)48-45)33-26-24-31(25-27-33)35-18-11-19-38-36-16-5-9-23-44(36)49-46(35)38/h1-29H. The number of hydrogen-bond donors (Lipinski definition) is 0. The highest BCUT2D eigenvalue weighted by molar-refractivity contribution is 6.14. The third kappa shape index (κ3) is 4.44. The van der Waals surface area contributed by atoms with Gasteiger partial charge in [-0.25, -0.2) is 0 Å². The van der Waals surface area contributed by atoms with Crippen molar-refractivity contribution in [2.24, 2.45) is 0 Å². The average molecular weight is 628 g/mol. The Kier molecular flexibility index (Phi) is 6.18. The van der Waals surface area contributed by atoms with Gasteiger partial charge in [-0.15, -0.1) is 0 Å². The van der Waals surface area contributed by atoms with E-state index in [1.54, 1.807) is 0 Å². The first-order valence-electron chi connectivity index (χ1n) is 16.6. The molecular weight excluding hydrogens is 599 g/mol. The lowest BCUT2D eigenvalue weighted by Crippen LogP contribution is -2.11. The van der Waals surface area contributed by atoms with Crippen molar-refractivity contribution in [1.29, 1.82) is 0 Å². The molecule has 3 heteroatoms. The van der Waals surface area contributed by atoms with Crippen LogP contribution >= 0.6 is 0 Å². The van der Waals surface area contributed by atoms with Crippen LogP contribution in [0, 0.1) is 0 Å². The summed E-state index contributed by atoms with van der Waals surface area (Å²) in [4.78, 5) is 2.39. The third-order valence-corrected chi connectivity index (χ3v) is 9.67. The van der Waals surface area contributed by atoms with E-state index < -0.39 is 0 Å². The fourth-order valence-corrected chi connectivity index (χ4v) is 7.38. The summed E-state index contributed by atoms with van der Waals surface area (Å²) in [6.07, 6.45) is 0. The van der Waals surface area contributed by atoms with Gasteiger partial charge in [-0.1, -0.05) is 127 Å². The Morgan fingerprint density at radius 3 is 1.80 bits per heavy atom. The maximum atomic E-state index is 6.41. The van der Waals surface area contributed by atoms with Crippen LogP contribution in [0.15, 0.2) is 185 Å². The fraction of sp³-hybridized carbons (Fsp3) is 0. The molecule has 0 amide bonds. The van der Waals surface area contributed by atoms with Gasteiger partial charge in [0.2, 0.25) is 0 Å². The van der Waals surface area contributed by atoms with Gasteiger partial charge in [-0.3, -0.25) is 0 Å². The minimum absolute atomic E-state index is 0.895. The molecule has 0 aliphatic rings. The normalized spacial score (nSPS) is 11.7. The highest BCUT2D eigenvalue weighted by Crippen LogP contribution is 2.45. The van der Waals surface area contributed by atoms with Gasteiger partial charge in [0.1, 0.15) is 22.3 Å². The van der Waals surface area contributed by atoms with E-state index in [1.165, 1.54) is 5.56 Å². The zero-order valence-electron chi connectivity index (χ0n) is 26.5. The van der Waals surface area contributed by atoms with Gasteiger partial charge in [0.05, 0.1) is 11.4 Å². The van der Waals surface area contributed by atoms with Crippen LogP contribution < -0.4 is 4.90 Å². The van der Waals surface area contributed by atoms with Crippen LogP contribution in [-0.4, -0.2) is 0 Å². The lowest BCUT2D eigenvalue weighted by Gasteiger charge is -2.29. The van der Waals surface area contributed by atoms with Gasteiger partial charge in [-0.05, 0) is 65.0 Å². The number of para-hydroxylation sites is 4. The summed E-state index contributed by atoms with van der Waals surface area (Å²) >= 11 is 0. The van der Waals surface area contributed by atoms with E-state index in [9.17, 15) is 0 Å². The molecule has 2 aromatic heterocycles. The van der Waals surface area contributed by atoms with Crippen LogP contribution in [0.3, 0.4) is 0 Å². The van der Waals surface area contributed by atoms with E-state index in [0.29, 0.717) is 0 Å². The maximum absolute atomic E-state index is 6.41. The van der Waals surface area contributed by atoms with Crippen molar-refractivity contribution < 1.29 is 8.83 Å². The largest absolute Gasteiger partial charge is 0.456 e. The second-order valence-electron chi connectivity index (χ2n) is 12.5. The first kappa shape index (κ1) is 27.5. The van der Waals surface area contributed by atoms with E-state index in [2.05, 4.69) is 157 Å². The number of rotatable bonds is 5. The van der Waals surface area contributed by atoms with Crippen molar-refractivity contribution in [3.05, 3.63) is 176 Å². The van der Waals surface area contributed by atoms with Gasteiger partial charge < -0.3 is 13.7 Å². The molecule has 0 atom stereocenters. The lowest BCUT2D eigenvalue weighted by molar-refractivity contribution is 0.669. The van der Waals surface area contributed by atoms with E-state index in [0.717, 1.165) is 88.4 Å². The van der Waals surface area contributed by atoms with Gasteiger partial charge in [0.15, 0.2) is 0 Å². The monoisotopic (exact) mass is 627 g/mol. The summed E-state index contributed by atoms with van der Waals surface area (Å²) in [5.41, 5.74) is 11.4. The Morgan fingerprint density at radius 2 is 0.959 bits per heavy atom. The smallest absolute Gasteiger partial charge is 0.143 e. The minimum atomic E-state index is 0.895. The molecule has 0 aliphatic carbocycles. The minimum Gasteiger partial charge on any atom is -0.456 e. The van der Waals surface area contributed by atoms with Crippen molar-refractivity contribution in [2.75, 3.05) is 4.90 Å². The van der Waals surface area contributed by atoms with Crippen LogP contribution in [0.1, 0.15) is 0 Å². The molecular formula is C46H29NO2. The van der Waals surface area contributed by atoms with Crippen molar-refractivity contribution in [3.8, 4) is 22.3 Å². The van der Waals surface area contributed by atoms with E-state index in [1.807, 2.05) is 24.3 Å². The Bertz CT molecular complexity index is 2830. The van der Waals surface area contributed by atoms with Crippen LogP contribution in [-0.2, 0) is 0 Å². The van der Waals surface area contributed by atoms with Crippen molar-refractivity contribution >= 4 is 71.7 Å². The molecule has 10 rings (SSSR count). The highest BCUT2D eigenvalue weighted by atomic mass is 16.3. The summed E-state index contributed by atoms with van der Waals surface area (Å²) in [5.74, 6) is 0. The van der Waals surface area contributed by atoms with E-state index in [4.69, 9.17) is 8.83 Å². The number of anilines is 3. The van der Waals surface area contributed by atoms with Crippen molar-refractivity contribution in [3.63, 3.8) is 0 Å². The topological polar surface area (TPSA) is 29.5 Å². The summed E-state index contributed by atoms with van der Waals surface area (Å²) in [6, 6.07) is 62.1. The molecule has 0 saturated heterocycles. The summed E-state index contributed by atoms with van der Waals surface area (Å²) in [5, 5.41) is 6.77. The Hall–Kier alpha value is -6.58. The number of fused-ring (bicyclic) bond motifs is 7. The van der Waals surface area contributed by atoms with Crippen molar-refractivity contribution in [2.45, 2.75) is 0 Å². The summed E-state index contributed by atoms with van der Waals surface area (Å²) in [6.45, 7) is 0. The molecule has 0 radical (unpaired) electrons. The molecule has 0 N–H and O–H groups in total. The molecule has 0 fully saturated rings. The second kappa shape index (κ2) is 11.0. The molecule has 8 aromatic carbocycles. The number of nitrogens with zero attached hydrogens (tertiary/aromatic N) is 1. The van der Waals surface area contributed by atoms with Crippen LogP contribution in [0.25, 0.3) is 76.9 Å². The van der Waals surface area contributed by atoms with E-state index >= 15 is 0 Å². The van der Waals surface area contributed by atoms with Gasteiger partial charge >= 0.3 is 0 Å². The molecule has 0 spiro atoms. The Labute approximate surface area is 282 Å². The van der Waals surface area contributed by atoms with Crippen LogP contribution in [0.5, 0.6) is 0 Å². The molecule has 0 unspecified atom stereocenters. The lowest BCUT2D eigenvalue weighted by atomic mass is 9.99. The molecule has 0 aliphatic heterocycles. The predicted molar refractivity (Wildman–Crippen MR) is 204 cm³/mol. The Balaban J connectivity index is 1.19. The van der Waals surface area contributed by atoms with E-state index in [-0.39, 0.29) is 0 Å². The molecule has 0 saturated carbocycles. The predicted octanol–water partition coefficient (Wildman–Crippen LogP) is 13.4.